The average Bonchev–Trinajstić information content (AvgIpc) is 2.63. The number of nitrogens with zero attached hydrogens (tertiary/aromatic N) is 2. The minimum atomic E-state index is -4.37. The summed E-state index contributed by atoms with van der Waals surface area (Å²) >= 11 is 0. The molecule has 0 bridgehead atoms. The molecule has 0 amide bonds. The summed E-state index contributed by atoms with van der Waals surface area (Å²) < 4.78 is 38.1. The van der Waals surface area contributed by atoms with Crippen molar-refractivity contribution in [3.05, 3.63) is 18.0 Å². The molecule has 2 atom stereocenters. The molecule has 0 fully saturated rings. The largest absolute Gasteiger partial charge is 0.435 e. The third-order valence-electron chi connectivity index (χ3n) is 2.50. The molecule has 0 saturated heterocycles. The van der Waals surface area contributed by atoms with Gasteiger partial charge in [-0.05, 0) is 27.0 Å². The number of alkyl halides is 3. The molecule has 1 N–H and O–H groups in total. The van der Waals surface area contributed by atoms with Crippen LogP contribution in [0, 0.1) is 0 Å². The summed E-state index contributed by atoms with van der Waals surface area (Å²) in [6.07, 6.45) is -3.02. The molecule has 0 radical (unpaired) electrons. The zero-order chi connectivity index (χ0) is 11.6. The number of rotatable bonds is 3. The summed E-state index contributed by atoms with van der Waals surface area (Å²) in [6.45, 7) is 3.70. The van der Waals surface area contributed by atoms with E-state index in [1.54, 1.807) is 7.05 Å². The van der Waals surface area contributed by atoms with E-state index < -0.39 is 11.9 Å². The second-order valence-corrected chi connectivity index (χ2v) is 3.50. The molecule has 0 aromatic carbocycles. The van der Waals surface area contributed by atoms with Crippen LogP contribution in [-0.4, -0.2) is 22.9 Å². The van der Waals surface area contributed by atoms with Gasteiger partial charge in [-0.3, -0.25) is 4.68 Å². The fourth-order valence-corrected chi connectivity index (χ4v) is 1.19. The quantitative estimate of drug-likeness (QED) is 0.846. The molecule has 86 valence electrons. The van der Waals surface area contributed by atoms with E-state index in [2.05, 4.69) is 10.4 Å². The molecule has 15 heavy (non-hydrogen) atoms. The maximum atomic E-state index is 12.3. The minimum Gasteiger partial charge on any atom is -0.315 e. The molecule has 1 aromatic rings. The molecule has 1 heterocycles. The molecule has 2 unspecified atom stereocenters. The Labute approximate surface area is 86.3 Å². The first-order valence-corrected chi connectivity index (χ1v) is 4.66. The van der Waals surface area contributed by atoms with Crippen LogP contribution in [0.4, 0.5) is 13.2 Å². The highest BCUT2D eigenvalue weighted by Crippen LogP contribution is 2.28. The van der Waals surface area contributed by atoms with Crippen LogP contribution in [0.5, 0.6) is 0 Å². The fraction of sp³-hybridized carbons (Fsp3) is 0.667. The first-order chi connectivity index (χ1) is 6.86. The van der Waals surface area contributed by atoms with E-state index in [1.165, 1.54) is 10.9 Å². The number of aromatic nitrogens is 2. The van der Waals surface area contributed by atoms with Gasteiger partial charge < -0.3 is 5.32 Å². The summed E-state index contributed by atoms with van der Waals surface area (Å²) in [7, 11) is 1.76. The van der Waals surface area contributed by atoms with Gasteiger partial charge in [0.25, 0.3) is 0 Å². The fourth-order valence-electron chi connectivity index (χ4n) is 1.19. The van der Waals surface area contributed by atoms with Gasteiger partial charge in [-0.25, -0.2) is 0 Å². The van der Waals surface area contributed by atoms with Crippen LogP contribution in [0.15, 0.2) is 12.3 Å². The summed E-state index contributed by atoms with van der Waals surface area (Å²) in [5.41, 5.74) is -0.849. The average molecular weight is 221 g/mol. The first kappa shape index (κ1) is 12.0. The lowest BCUT2D eigenvalue weighted by Crippen LogP contribution is -2.31. The van der Waals surface area contributed by atoms with Crippen molar-refractivity contribution in [2.24, 2.45) is 0 Å². The zero-order valence-corrected chi connectivity index (χ0v) is 8.84. The Morgan fingerprint density at radius 2 is 2.00 bits per heavy atom. The lowest BCUT2D eigenvalue weighted by atomic mass is 10.2. The van der Waals surface area contributed by atoms with E-state index >= 15 is 0 Å². The highest BCUT2D eigenvalue weighted by molar-refractivity contribution is 5.04. The van der Waals surface area contributed by atoms with Gasteiger partial charge in [0.2, 0.25) is 0 Å². The Morgan fingerprint density at radius 1 is 1.40 bits per heavy atom. The lowest BCUT2D eigenvalue weighted by molar-refractivity contribution is -0.141. The van der Waals surface area contributed by atoms with E-state index in [9.17, 15) is 13.2 Å². The maximum absolute atomic E-state index is 12.3. The van der Waals surface area contributed by atoms with Crippen molar-refractivity contribution in [1.82, 2.24) is 15.1 Å². The third-order valence-corrected chi connectivity index (χ3v) is 2.50. The summed E-state index contributed by atoms with van der Waals surface area (Å²) in [5, 5.41) is 6.47. The Morgan fingerprint density at radius 3 is 2.40 bits per heavy atom. The topological polar surface area (TPSA) is 29.9 Å². The monoisotopic (exact) mass is 221 g/mol. The van der Waals surface area contributed by atoms with Crippen LogP contribution >= 0.6 is 0 Å². The first-order valence-electron chi connectivity index (χ1n) is 4.66. The van der Waals surface area contributed by atoms with E-state index in [4.69, 9.17) is 0 Å². The van der Waals surface area contributed by atoms with Crippen LogP contribution in [0.3, 0.4) is 0 Å². The van der Waals surface area contributed by atoms with Crippen molar-refractivity contribution < 1.29 is 13.2 Å². The lowest BCUT2D eigenvalue weighted by Gasteiger charge is -2.19. The van der Waals surface area contributed by atoms with Crippen LogP contribution < -0.4 is 5.32 Å². The Balaban J connectivity index is 2.85. The molecule has 0 saturated carbocycles. The minimum absolute atomic E-state index is 0.0611. The van der Waals surface area contributed by atoms with Crippen molar-refractivity contribution in [3.63, 3.8) is 0 Å². The molecule has 6 heteroatoms. The van der Waals surface area contributed by atoms with Gasteiger partial charge in [-0.15, -0.1) is 0 Å². The third kappa shape index (κ3) is 2.71. The van der Waals surface area contributed by atoms with Gasteiger partial charge in [0.15, 0.2) is 5.69 Å². The van der Waals surface area contributed by atoms with Gasteiger partial charge in [0.05, 0.1) is 6.04 Å². The van der Waals surface area contributed by atoms with Crippen molar-refractivity contribution in [2.45, 2.75) is 32.1 Å². The van der Waals surface area contributed by atoms with Crippen molar-refractivity contribution in [1.29, 1.82) is 0 Å². The van der Waals surface area contributed by atoms with E-state index in [1.807, 2.05) is 13.8 Å². The predicted octanol–water partition coefficient (Wildman–Crippen LogP) is 2.07. The van der Waals surface area contributed by atoms with Crippen molar-refractivity contribution >= 4 is 0 Å². The SMILES string of the molecule is CNC(C)C(C)n1ccc(C(F)(F)F)n1. The second-order valence-electron chi connectivity index (χ2n) is 3.50. The molecule has 0 spiro atoms. The van der Waals surface area contributed by atoms with Gasteiger partial charge >= 0.3 is 6.18 Å². The molecule has 3 nitrogen and oxygen atoms in total. The van der Waals surface area contributed by atoms with Crippen LogP contribution in [0.2, 0.25) is 0 Å². The van der Waals surface area contributed by atoms with Crippen LogP contribution in [-0.2, 0) is 6.18 Å². The molecular weight excluding hydrogens is 207 g/mol. The molecule has 1 aromatic heterocycles. The van der Waals surface area contributed by atoms with E-state index in [-0.39, 0.29) is 12.1 Å². The number of hydrogen-bond acceptors (Lipinski definition) is 2. The molecule has 0 aliphatic heterocycles. The zero-order valence-electron chi connectivity index (χ0n) is 8.84. The van der Waals surface area contributed by atoms with Crippen LogP contribution in [0.1, 0.15) is 25.6 Å². The Hall–Kier alpha value is -1.04. The van der Waals surface area contributed by atoms with Gasteiger partial charge in [-0.1, -0.05) is 0 Å². The Bertz CT molecular complexity index is 319. The van der Waals surface area contributed by atoms with E-state index in [0.29, 0.717) is 0 Å². The molecule has 1 rings (SSSR count). The molecule has 0 aliphatic rings. The molecular formula is C9H14F3N3. The standard InChI is InChI=1S/C9H14F3N3/c1-6(13-3)7(2)15-5-4-8(14-15)9(10,11)12/h4-7,13H,1-3H3. The van der Waals surface area contributed by atoms with Crippen LogP contribution in [0.25, 0.3) is 0 Å². The maximum Gasteiger partial charge on any atom is 0.435 e. The van der Waals surface area contributed by atoms with Crippen molar-refractivity contribution in [3.8, 4) is 0 Å². The van der Waals surface area contributed by atoms with Crippen molar-refractivity contribution in [2.75, 3.05) is 7.05 Å². The van der Waals surface area contributed by atoms with Gasteiger partial charge in [-0.2, -0.15) is 18.3 Å². The number of nitrogens with one attached hydrogen (secondary N) is 1. The number of hydrogen-bond donors (Lipinski definition) is 1. The van der Waals surface area contributed by atoms with Gasteiger partial charge in [0.1, 0.15) is 0 Å². The molecule has 0 aliphatic carbocycles. The van der Waals surface area contributed by atoms with E-state index in [0.717, 1.165) is 6.07 Å². The predicted molar refractivity (Wildman–Crippen MR) is 50.5 cm³/mol. The summed E-state index contributed by atoms with van der Waals surface area (Å²) in [6, 6.07) is 0.927. The summed E-state index contributed by atoms with van der Waals surface area (Å²) in [4.78, 5) is 0. The highest BCUT2D eigenvalue weighted by atomic mass is 19.4. The number of likely N-dealkylation sites (N-methyl/N-ethyl adjacent to an activating group) is 1. The summed E-state index contributed by atoms with van der Waals surface area (Å²) in [5.74, 6) is 0. The smallest absolute Gasteiger partial charge is 0.315 e. The van der Waals surface area contributed by atoms with Gasteiger partial charge in [0, 0.05) is 12.2 Å². The number of halogens is 3. The Kier molecular flexibility index (Phi) is 3.38. The highest BCUT2D eigenvalue weighted by Gasteiger charge is 2.34. The second kappa shape index (κ2) is 4.22. The normalized spacial score (nSPS) is 16.4.